The highest BCUT2D eigenvalue weighted by molar-refractivity contribution is 5.94. The molecule has 0 aliphatic rings. The molecule has 2 aromatic carbocycles. The van der Waals surface area contributed by atoms with Crippen molar-refractivity contribution >= 4 is 5.91 Å². The summed E-state index contributed by atoms with van der Waals surface area (Å²) in [6.07, 6.45) is 0. The summed E-state index contributed by atoms with van der Waals surface area (Å²) < 4.78 is 32.5. The summed E-state index contributed by atoms with van der Waals surface area (Å²) in [6.45, 7) is 3.10. The van der Waals surface area contributed by atoms with Crippen LogP contribution in [-0.4, -0.2) is 19.1 Å². The summed E-state index contributed by atoms with van der Waals surface area (Å²) in [6, 6.07) is 13.1. The second kappa shape index (κ2) is 8.39. The van der Waals surface area contributed by atoms with Crippen molar-refractivity contribution in [2.24, 2.45) is 5.92 Å². The molecule has 0 saturated carbocycles. The SMILES string of the molecule is CC(CNC(=O)c1c(F)cccc1F)COCc1ccccc1. The topological polar surface area (TPSA) is 38.3 Å². The molecule has 0 aromatic heterocycles. The second-order valence-corrected chi connectivity index (χ2v) is 5.41. The van der Waals surface area contributed by atoms with Gasteiger partial charge in [0, 0.05) is 6.54 Å². The Morgan fingerprint density at radius 2 is 1.74 bits per heavy atom. The first-order chi connectivity index (χ1) is 11.1. The molecule has 1 N–H and O–H groups in total. The molecule has 0 fully saturated rings. The minimum atomic E-state index is -0.865. The van der Waals surface area contributed by atoms with Crippen LogP contribution < -0.4 is 5.32 Å². The van der Waals surface area contributed by atoms with Gasteiger partial charge in [0.15, 0.2) is 0 Å². The molecule has 5 heteroatoms. The van der Waals surface area contributed by atoms with E-state index in [2.05, 4.69) is 5.32 Å². The van der Waals surface area contributed by atoms with Crippen LogP contribution in [0.3, 0.4) is 0 Å². The van der Waals surface area contributed by atoms with Crippen molar-refractivity contribution in [3.8, 4) is 0 Å². The Balaban J connectivity index is 1.76. The van der Waals surface area contributed by atoms with Crippen LogP contribution in [0.25, 0.3) is 0 Å². The summed E-state index contributed by atoms with van der Waals surface area (Å²) >= 11 is 0. The van der Waals surface area contributed by atoms with Crippen LogP contribution >= 0.6 is 0 Å². The normalized spacial score (nSPS) is 12.0. The van der Waals surface area contributed by atoms with Crippen molar-refractivity contribution in [1.82, 2.24) is 5.32 Å². The summed E-state index contributed by atoms with van der Waals surface area (Å²) in [4.78, 5) is 11.9. The maximum atomic E-state index is 13.5. The minimum absolute atomic E-state index is 0.0255. The van der Waals surface area contributed by atoms with E-state index in [1.165, 1.54) is 6.07 Å². The number of carbonyl (C=O) groups is 1. The maximum Gasteiger partial charge on any atom is 0.257 e. The Morgan fingerprint density at radius 1 is 1.09 bits per heavy atom. The third kappa shape index (κ3) is 5.14. The summed E-state index contributed by atoms with van der Waals surface area (Å²) in [7, 11) is 0. The van der Waals surface area contributed by atoms with Crippen LogP contribution in [0.4, 0.5) is 8.78 Å². The van der Waals surface area contributed by atoms with Gasteiger partial charge in [0.2, 0.25) is 0 Å². The van der Waals surface area contributed by atoms with Gasteiger partial charge in [0.05, 0.1) is 13.2 Å². The van der Waals surface area contributed by atoms with Crippen molar-refractivity contribution in [2.75, 3.05) is 13.2 Å². The lowest BCUT2D eigenvalue weighted by Gasteiger charge is -2.14. The summed E-state index contributed by atoms with van der Waals surface area (Å²) in [5.74, 6) is -2.46. The number of ether oxygens (including phenoxy) is 1. The number of benzene rings is 2. The minimum Gasteiger partial charge on any atom is -0.376 e. The van der Waals surface area contributed by atoms with Crippen molar-refractivity contribution in [3.63, 3.8) is 0 Å². The molecule has 0 radical (unpaired) electrons. The fourth-order valence-electron chi connectivity index (χ4n) is 2.08. The van der Waals surface area contributed by atoms with Crippen LogP contribution in [0.2, 0.25) is 0 Å². The van der Waals surface area contributed by atoms with Gasteiger partial charge in [-0.05, 0) is 23.6 Å². The van der Waals surface area contributed by atoms with Gasteiger partial charge in [-0.3, -0.25) is 4.79 Å². The molecule has 1 atom stereocenters. The molecule has 0 bridgehead atoms. The lowest BCUT2D eigenvalue weighted by molar-refractivity contribution is 0.0839. The fourth-order valence-corrected chi connectivity index (χ4v) is 2.08. The van der Waals surface area contributed by atoms with E-state index in [-0.39, 0.29) is 12.5 Å². The first kappa shape index (κ1) is 17.1. The van der Waals surface area contributed by atoms with Gasteiger partial charge in [-0.15, -0.1) is 0 Å². The van der Waals surface area contributed by atoms with Crippen molar-refractivity contribution in [2.45, 2.75) is 13.5 Å². The van der Waals surface area contributed by atoms with Gasteiger partial charge >= 0.3 is 0 Å². The van der Waals surface area contributed by atoms with Crippen molar-refractivity contribution in [1.29, 1.82) is 0 Å². The molecule has 1 amide bonds. The zero-order chi connectivity index (χ0) is 16.7. The third-order valence-electron chi connectivity index (χ3n) is 3.31. The van der Waals surface area contributed by atoms with E-state index < -0.39 is 23.1 Å². The molecule has 0 spiro atoms. The smallest absolute Gasteiger partial charge is 0.257 e. The highest BCUT2D eigenvalue weighted by Crippen LogP contribution is 2.12. The number of hydrogen-bond donors (Lipinski definition) is 1. The standard InChI is InChI=1S/C18H19F2NO2/c1-13(11-23-12-14-6-3-2-4-7-14)10-21-18(22)17-15(19)8-5-9-16(17)20/h2-9,13H,10-12H2,1H3,(H,21,22). The molecular formula is C18H19F2NO2. The lowest BCUT2D eigenvalue weighted by Crippen LogP contribution is -2.31. The number of nitrogens with one attached hydrogen (secondary N) is 1. The Morgan fingerprint density at radius 3 is 2.39 bits per heavy atom. The molecule has 2 rings (SSSR count). The average Bonchev–Trinajstić information content (AvgIpc) is 2.54. The Labute approximate surface area is 134 Å². The molecule has 0 heterocycles. The van der Waals surface area contributed by atoms with E-state index >= 15 is 0 Å². The van der Waals surface area contributed by atoms with Gasteiger partial charge in [0.1, 0.15) is 17.2 Å². The van der Waals surface area contributed by atoms with Crippen molar-refractivity contribution < 1.29 is 18.3 Å². The Hall–Kier alpha value is -2.27. The zero-order valence-corrected chi connectivity index (χ0v) is 12.9. The third-order valence-corrected chi connectivity index (χ3v) is 3.31. The van der Waals surface area contributed by atoms with E-state index in [1.54, 1.807) is 0 Å². The van der Waals surface area contributed by atoms with Gasteiger partial charge in [0.25, 0.3) is 5.91 Å². The highest BCUT2D eigenvalue weighted by atomic mass is 19.1. The molecule has 0 aliphatic carbocycles. The molecule has 23 heavy (non-hydrogen) atoms. The average molecular weight is 319 g/mol. The second-order valence-electron chi connectivity index (χ2n) is 5.41. The van der Waals surface area contributed by atoms with E-state index in [4.69, 9.17) is 4.74 Å². The number of rotatable bonds is 7. The molecule has 1 unspecified atom stereocenters. The number of amides is 1. The van der Waals surface area contributed by atoms with Gasteiger partial charge in [-0.2, -0.15) is 0 Å². The summed E-state index contributed by atoms with van der Waals surface area (Å²) in [5, 5.41) is 2.53. The van der Waals surface area contributed by atoms with Crippen LogP contribution in [0.15, 0.2) is 48.5 Å². The first-order valence-electron chi connectivity index (χ1n) is 7.42. The molecule has 3 nitrogen and oxygen atoms in total. The molecule has 122 valence electrons. The number of carbonyl (C=O) groups excluding carboxylic acids is 1. The molecule has 2 aromatic rings. The quantitative estimate of drug-likeness (QED) is 0.847. The first-order valence-corrected chi connectivity index (χ1v) is 7.42. The van der Waals surface area contributed by atoms with E-state index in [9.17, 15) is 13.6 Å². The van der Waals surface area contributed by atoms with Crippen molar-refractivity contribution in [3.05, 3.63) is 71.3 Å². The van der Waals surface area contributed by atoms with Crippen LogP contribution in [0.1, 0.15) is 22.8 Å². The maximum absolute atomic E-state index is 13.5. The van der Waals surface area contributed by atoms with Crippen LogP contribution in [0, 0.1) is 17.6 Å². The van der Waals surface area contributed by atoms with Gasteiger partial charge < -0.3 is 10.1 Å². The molecule has 0 aliphatic heterocycles. The molecular weight excluding hydrogens is 300 g/mol. The Kier molecular flexibility index (Phi) is 6.23. The zero-order valence-electron chi connectivity index (χ0n) is 12.9. The van der Waals surface area contributed by atoms with Gasteiger partial charge in [-0.1, -0.05) is 43.3 Å². The van der Waals surface area contributed by atoms with Gasteiger partial charge in [-0.25, -0.2) is 8.78 Å². The van der Waals surface area contributed by atoms with Crippen LogP contribution in [0.5, 0.6) is 0 Å². The predicted octanol–water partition coefficient (Wildman–Crippen LogP) is 3.55. The predicted molar refractivity (Wildman–Crippen MR) is 84.0 cm³/mol. The largest absolute Gasteiger partial charge is 0.376 e. The number of halogens is 2. The summed E-state index contributed by atoms with van der Waals surface area (Å²) in [5.41, 5.74) is 0.516. The van der Waals surface area contributed by atoms with E-state index in [0.717, 1.165) is 17.7 Å². The van der Waals surface area contributed by atoms with Crippen LogP contribution in [-0.2, 0) is 11.3 Å². The van der Waals surface area contributed by atoms with E-state index in [0.29, 0.717) is 13.2 Å². The Bertz CT molecular complexity index is 626. The number of hydrogen-bond acceptors (Lipinski definition) is 2. The lowest BCUT2D eigenvalue weighted by atomic mass is 10.1. The fraction of sp³-hybridized carbons (Fsp3) is 0.278. The molecule has 0 saturated heterocycles. The van der Waals surface area contributed by atoms with E-state index in [1.807, 2.05) is 37.3 Å². The monoisotopic (exact) mass is 319 g/mol. The highest BCUT2D eigenvalue weighted by Gasteiger charge is 2.17.